The van der Waals surface area contributed by atoms with Gasteiger partial charge in [0.2, 0.25) is 17.6 Å². The van der Waals surface area contributed by atoms with Crippen LogP contribution in [0, 0.1) is 0 Å². The molecule has 0 atom stereocenters. The van der Waals surface area contributed by atoms with Crippen molar-refractivity contribution in [2.45, 2.75) is 19.8 Å². The van der Waals surface area contributed by atoms with Crippen LogP contribution >= 0.6 is 0 Å². The molecular formula is C27H26N4O5. The van der Waals surface area contributed by atoms with Gasteiger partial charge in [0.1, 0.15) is 11.5 Å². The van der Waals surface area contributed by atoms with Crippen molar-refractivity contribution < 1.29 is 23.6 Å². The Bertz CT molecular complexity index is 1290. The van der Waals surface area contributed by atoms with Crippen LogP contribution in [0.25, 0.3) is 22.5 Å². The molecule has 0 unspecified atom stereocenters. The number of ether oxygens (including phenoxy) is 2. The van der Waals surface area contributed by atoms with Crippen molar-refractivity contribution in [3.05, 3.63) is 84.8 Å². The molecular weight excluding hydrogens is 460 g/mol. The number of carbonyl (C=O) groups excluding carboxylic acids is 2. The number of hydrazine groups is 1. The highest BCUT2D eigenvalue weighted by atomic mass is 16.5. The highest BCUT2D eigenvalue weighted by Gasteiger charge is 2.12. The van der Waals surface area contributed by atoms with Crippen LogP contribution in [0.3, 0.4) is 0 Å². The average Bonchev–Trinajstić information content (AvgIpc) is 3.40. The number of hydrogen-bond donors (Lipinski definition) is 2. The molecule has 0 spiro atoms. The second-order valence-electron chi connectivity index (χ2n) is 7.72. The molecule has 0 aliphatic carbocycles. The summed E-state index contributed by atoms with van der Waals surface area (Å²) in [6, 6.07) is 24.5. The Morgan fingerprint density at radius 1 is 0.833 bits per heavy atom. The fourth-order valence-corrected chi connectivity index (χ4v) is 3.39. The Morgan fingerprint density at radius 2 is 1.56 bits per heavy atom. The number of carbonyl (C=O) groups is 2. The van der Waals surface area contributed by atoms with Gasteiger partial charge in [0.05, 0.1) is 6.61 Å². The minimum Gasteiger partial charge on any atom is -0.494 e. The zero-order chi connectivity index (χ0) is 25.2. The van der Waals surface area contributed by atoms with Gasteiger partial charge in [0.25, 0.3) is 5.91 Å². The molecule has 0 fully saturated rings. The maximum absolute atomic E-state index is 12.2. The predicted molar refractivity (Wildman–Crippen MR) is 133 cm³/mol. The summed E-state index contributed by atoms with van der Waals surface area (Å²) in [5.74, 6) is 1.20. The van der Waals surface area contributed by atoms with Gasteiger partial charge >= 0.3 is 0 Å². The summed E-state index contributed by atoms with van der Waals surface area (Å²) in [5.41, 5.74) is 7.35. The number of hydrogen-bond acceptors (Lipinski definition) is 7. The van der Waals surface area contributed by atoms with E-state index in [1.54, 1.807) is 6.07 Å². The van der Waals surface area contributed by atoms with Gasteiger partial charge in [0, 0.05) is 24.0 Å². The van der Waals surface area contributed by atoms with Crippen LogP contribution < -0.4 is 20.3 Å². The van der Waals surface area contributed by atoms with Gasteiger partial charge in [-0.05, 0) is 42.8 Å². The lowest BCUT2D eigenvalue weighted by Gasteiger charge is -2.12. The summed E-state index contributed by atoms with van der Waals surface area (Å²) < 4.78 is 16.3. The summed E-state index contributed by atoms with van der Waals surface area (Å²) >= 11 is 0. The first kappa shape index (κ1) is 24.5. The fraction of sp³-hybridized carbons (Fsp3) is 0.185. The minimum atomic E-state index is -0.484. The van der Waals surface area contributed by atoms with E-state index in [-0.39, 0.29) is 19.4 Å². The molecule has 4 aromatic rings. The summed E-state index contributed by atoms with van der Waals surface area (Å²) in [6.45, 7) is 2.25. The third-order valence-electron chi connectivity index (χ3n) is 5.13. The molecule has 0 aliphatic heterocycles. The van der Waals surface area contributed by atoms with Gasteiger partial charge in [-0.2, -0.15) is 4.98 Å². The number of rotatable bonds is 10. The maximum Gasteiger partial charge on any atom is 0.276 e. The molecule has 3 aromatic carbocycles. The Kier molecular flexibility index (Phi) is 8.27. The maximum atomic E-state index is 12.2. The first-order valence-electron chi connectivity index (χ1n) is 11.5. The van der Waals surface area contributed by atoms with Crippen LogP contribution in [0.4, 0.5) is 0 Å². The molecule has 184 valence electrons. The number of aromatic nitrogens is 2. The van der Waals surface area contributed by atoms with Crippen LogP contribution in [0.1, 0.15) is 19.2 Å². The highest BCUT2D eigenvalue weighted by Crippen LogP contribution is 2.29. The molecule has 0 radical (unpaired) electrons. The van der Waals surface area contributed by atoms with Crippen molar-refractivity contribution in [1.82, 2.24) is 21.0 Å². The van der Waals surface area contributed by atoms with Gasteiger partial charge in [-0.15, -0.1) is 0 Å². The van der Waals surface area contributed by atoms with Crippen LogP contribution in [0.2, 0.25) is 0 Å². The smallest absolute Gasteiger partial charge is 0.276 e. The second-order valence-corrected chi connectivity index (χ2v) is 7.72. The van der Waals surface area contributed by atoms with Gasteiger partial charge in [-0.3, -0.25) is 20.4 Å². The Balaban J connectivity index is 1.21. The largest absolute Gasteiger partial charge is 0.494 e. The van der Waals surface area contributed by atoms with Crippen molar-refractivity contribution in [2.24, 2.45) is 0 Å². The van der Waals surface area contributed by atoms with Gasteiger partial charge in [0.15, 0.2) is 6.61 Å². The number of aryl methyl sites for hydroxylation is 1. The van der Waals surface area contributed by atoms with Gasteiger partial charge < -0.3 is 14.0 Å². The monoisotopic (exact) mass is 486 g/mol. The van der Waals surface area contributed by atoms with E-state index in [9.17, 15) is 9.59 Å². The van der Waals surface area contributed by atoms with Crippen LogP contribution in [0.15, 0.2) is 83.4 Å². The molecule has 2 amide bonds. The average molecular weight is 487 g/mol. The molecule has 36 heavy (non-hydrogen) atoms. The summed E-state index contributed by atoms with van der Waals surface area (Å²) in [7, 11) is 0. The summed E-state index contributed by atoms with van der Waals surface area (Å²) in [5, 5.41) is 3.95. The number of para-hydroxylation sites is 1. The Hall–Kier alpha value is -4.66. The second kappa shape index (κ2) is 12.2. The number of amides is 2. The summed E-state index contributed by atoms with van der Waals surface area (Å²) in [4.78, 5) is 28.6. The van der Waals surface area contributed by atoms with Crippen LogP contribution in [-0.4, -0.2) is 35.2 Å². The highest BCUT2D eigenvalue weighted by molar-refractivity contribution is 5.83. The van der Waals surface area contributed by atoms with Crippen molar-refractivity contribution in [1.29, 1.82) is 0 Å². The topological polar surface area (TPSA) is 116 Å². The van der Waals surface area contributed by atoms with E-state index in [1.807, 2.05) is 79.7 Å². The zero-order valence-corrected chi connectivity index (χ0v) is 19.8. The molecule has 0 aliphatic rings. The van der Waals surface area contributed by atoms with Crippen molar-refractivity contribution >= 4 is 11.8 Å². The third kappa shape index (κ3) is 6.69. The van der Waals surface area contributed by atoms with Crippen molar-refractivity contribution in [3.63, 3.8) is 0 Å². The minimum absolute atomic E-state index is 0.0584. The van der Waals surface area contributed by atoms with E-state index in [4.69, 9.17) is 14.0 Å². The quantitative estimate of drug-likeness (QED) is 0.326. The van der Waals surface area contributed by atoms with E-state index in [1.165, 1.54) is 0 Å². The first-order chi connectivity index (χ1) is 17.6. The molecule has 0 bridgehead atoms. The van der Waals surface area contributed by atoms with E-state index in [0.717, 1.165) is 22.4 Å². The lowest BCUT2D eigenvalue weighted by molar-refractivity contribution is -0.130. The molecule has 0 saturated heterocycles. The van der Waals surface area contributed by atoms with Crippen LogP contribution in [0.5, 0.6) is 11.5 Å². The predicted octanol–water partition coefficient (Wildman–Crippen LogP) is 3.96. The molecule has 9 nitrogen and oxygen atoms in total. The Labute approximate surface area is 208 Å². The third-order valence-corrected chi connectivity index (χ3v) is 5.13. The van der Waals surface area contributed by atoms with E-state index >= 15 is 0 Å². The Morgan fingerprint density at radius 3 is 2.33 bits per heavy atom. The zero-order valence-electron chi connectivity index (χ0n) is 19.8. The molecule has 1 aromatic heterocycles. The van der Waals surface area contributed by atoms with E-state index in [2.05, 4.69) is 21.0 Å². The molecule has 2 N–H and O–H groups in total. The number of nitrogens with zero attached hydrogens (tertiary/aromatic N) is 2. The lowest BCUT2D eigenvalue weighted by atomic mass is 10.1. The van der Waals surface area contributed by atoms with E-state index in [0.29, 0.717) is 24.1 Å². The lowest BCUT2D eigenvalue weighted by Crippen LogP contribution is -2.43. The van der Waals surface area contributed by atoms with E-state index < -0.39 is 11.8 Å². The van der Waals surface area contributed by atoms with Crippen LogP contribution in [-0.2, 0) is 16.0 Å². The van der Waals surface area contributed by atoms with Crippen molar-refractivity contribution in [2.75, 3.05) is 13.2 Å². The number of benzene rings is 3. The normalized spacial score (nSPS) is 10.5. The number of nitrogens with one attached hydrogen (secondary N) is 2. The SMILES string of the molecule is CCOc1ccc(-c2noc(CCC(=O)NNC(=O)COc3ccccc3-c3ccccc3)n2)cc1. The van der Waals surface area contributed by atoms with Gasteiger partial charge in [-0.1, -0.05) is 53.7 Å². The van der Waals surface area contributed by atoms with Gasteiger partial charge in [-0.25, -0.2) is 0 Å². The standard InChI is InChI=1S/C27H26N4O5/c1-2-34-21-14-12-20(13-15-21)27-28-26(36-31-27)17-16-24(32)29-30-25(33)18-35-23-11-7-6-10-22(23)19-8-4-3-5-9-19/h3-15H,2,16-18H2,1H3,(H,29,32)(H,30,33). The molecule has 4 rings (SSSR count). The first-order valence-corrected chi connectivity index (χ1v) is 11.5. The molecule has 9 heteroatoms. The van der Waals surface area contributed by atoms with Crippen molar-refractivity contribution in [3.8, 4) is 34.0 Å². The molecule has 1 heterocycles. The summed E-state index contributed by atoms with van der Waals surface area (Å²) in [6.07, 6.45) is 0.287. The molecule has 0 saturated carbocycles. The fourth-order valence-electron chi connectivity index (χ4n) is 3.39.